The van der Waals surface area contributed by atoms with E-state index in [0.29, 0.717) is 6.04 Å². The Morgan fingerprint density at radius 1 is 1.35 bits per heavy atom. The first-order valence-electron chi connectivity index (χ1n) is 8.20. The van der Waals surface area contributed by atoms with Crippen LogP contribution in [0.15, 0.2) is 12.4 Å². The summed E-state index contributed by atoms with van der Waals surface area (Å²) in [4.78, 5) is 0. The Morgan fingerprint density at radius 2 is 2.15 bits per heavy atom. The molecule has 0 saturated heterocycles. The standard InChI is InChI=1S/C16H29N3S/c1-3-10-17-16(14-11-18-19(4-2)12-14)13-20-15-8-6-5-7-9-15/h11-12,15-17H,3-10,13H2,1-2H3. The third-order valence-electron chi connectivity index (χ3n) is 4.07. The van der Waals surface area contributed by atoms with Gasteiger partial charge in [0.1, 0.15) is 0 Å². The Balaban J connectivity index is 1.88. The fourth-order valence-electron chi connectivity index (χ4n) is 2.79. The quantitative estimate of drug-likeness (QED) is 0.786. The van der Waals surface area contributed by atoms with Crippen molar-refractivity contribution >= 4 is 11.8 Å². The van der Waals surface area contributed by atoms with Gasteiger partial charge in [0.05, 0.1) is 6.20 Å². The summed E-state index contributed by atoms with van der Waals surface area (Å²) in [6.07, 6.45) is 12.6. The molecule has 0 spiro atoms. The molecule has 1 aliphatic rings. The second kappa shape index (κ2) is 8.73. The summed E-state index contributed by atoms with van der Waals surface area (Å²) in [5.41, 5.74) is 1.35. The van der Waals surface area contributed by atoms with Crippen molar-refractivity contribution in [1.82, 2.24) is 15.1 Å². The minimum absolute atomic E-state index is 0.460. The van der Waals surface area contributed by atoms with E-state index in [0.717, 1.165) is 18.3 Å². The van der Waals surface area contributed by atoms with Crippen LogP contribution in [0.3, 0.4) is 0 Å². The van der Waals surface area contributed by atoms with Gasteiger partial charge in [-0.1, -0.05) is 26.2 Å². The molecule has 1 aromatic rings. The topological polar surface area (TPSA) is 29.9 Å². The minimum atomic E-state index is 0.460. The van der Waals surface area contributed by atoms with Crippen LogP contribution in [-0.4, -0.2) is 27.3 Å². The molecule has 1 heterocycles. The van der Waals surface area contributed by atoms with Crippen LogP contribution in [0.5, 0.6) is 0 Å². The Labute approximate surface area is 127 Å². The molecule has 20 heavy (non-hydrogen) atoms. The van der Waals surface area contributed by atoms with Crippen molar-refractivity contribution < 1.29 is 0 Å². The van der Waals surface area contributed by atoms with E-state index in [1.807, 2.05) is 10.9 Å². The molecule has 1 N–H and O–H groups in total. The van der Waals surface area contributed by atoms with Gasteiger partial charge in [-0.05, 0) is 32.7 Å². The molecule has 1 atom stereocenters. The largest absolute Gasteiger partial charge is 0.309 e. The number of aryl methyl sites for hydroxylation is 1. The number of thioether (sulfide) groups is 1. The van der Waals surface area contributed by atoms with Crippen molar-refractivity contribution in [3.8, 4) is 0 Å². The zero-order valence-corrected chi connectivity index (χ0v) is 13.8. The molecule has 4 heteroatoms. The highest BCUT2D eigenvalue weighted by atomic mass is 32.2. The maximum atomic E-state index is 4.43. The first-order chi connectivity index (χ1) is 9.83. The maximum Gasteiger partial charge on any atom is 0.0537 e. The molecule has 1 aliphatic carbocycles. The molecule has 0 aliphatic heterocycles. The van der Waals surface area contributed by atoms with Gasteiger partial charge in [-0.3, -0.25) is 4.68 Å². The van der Waals surface area contributed by atoms with E-state index in [1.165, 1.54) is 49.8 Å². The molecule has 1 aromatic heterocycles. The third kappa shape index (κ3) is 4.81. The Hall–Kier alpha value is -0.480. The lowest BCUT2D eigenvalue weighted by Crippen LogP contribution is -2.25. The molecule has 0 radical (unpaired) electrons. The summed E-state index contributed by atoms with van der Waals surface area (Å²) < 4.78 is 2.03. The van der Waals surface area contributed by atoms with Crippen LogP contribution in [-0.2, 0) is 6.54 Å². The van der Waals surface area contributed by atoms with Gasteiger partial charge in [0.25, 0.3) is 0 Å². The monoisotopic (exact) mass is 295 g/mol. The van der Waals surface area contributed by atoms with Crippen molar-refractivity contribution in [2.45, 2.75) is 70.2 Å². The molecule has 2 rings (SSSR count). The van der Waals surface area contributed by atoms with Crippen LogP contribution < -0.4 is 5.32 Å². The van der Waals surface area contributed by atoms with E-state index in [1.54, 1.807) is 0 Å². The van der Waals surface area contributed by atoms with Gasteiger partial charge >= 0.3 is 0 Å². The van der Waals surface area contributed by atoms with Crippen molar-refractivity contribution in [3.63, 3.8) is 0 Å². The van der Waals surface area contributed by atoms with Crippen LogP contribution in [0.1, 0.15) is 64.0 Å². The molecule has 0 amide bonds. The first-order valence-corrected chi connectivity index (χ1v) is 9.25. The molecular weight excluding hydrogens is 266 g/mol. The maximum absolute atomic E-state index is 4.43. The number of aromatic nitrogens is 2. The fraction of sp³-hybridized carbons (Fsp3) is 0.812. The van der Waals surface area contributed by atoms with E-state index in [4.69, 9.17) is 0 Å². The van der Waals surface area contributed by atoms with E-state index < -0.39 is 0 Å². The van der Waals surface area contributed by atoms with E-state index in [2.05, 4.69) is 42.2 Å². The van der Waals surface area contributed by atoms with Crippen molar-refractivity contribution in [2.75, 3.05) is 12.3 Å². The van der Waals surface area contributed by atoms with Crippen LogP contribution in [0.25, 0.3) is 0 Å². The predicted molar refractivity (Wildman–Crippen MR) is 88.3 cm³/mol. The second-order valence-corrected chi connectivity index (χ2v) is 7.06. The molecule has 3 nitrogen and oxygen atoms in total. The van der Waals surface area contributed by atoms with Crippen LogP contribution in [0.4, 0.5) is 0 Å². The van der Waals surface area contributed by atoms with Gasteiger partial charge in [-0.2, -0.15) is 16.9 Å². The van der Waals surface area contributed by atoms with Gasteiger partial charge in [0, 0.05) is 35.3 Å². The lowest BCUT2D eigenvalue weighted by Gasteiger charge is -2.24. The minimum Gasteiger partial charge on any atom is -0.309 e. The fourth-order valence-corrected chi connectivity index (χ4v) is 4.23. The second-order valence-electron chi connectivity index (χ2n) is 5.73. The predicted octanol–water partition coefficient (Wildman–Crippen LogP) is 4.01. The highest BCUT2D eigenvalue weighted by Gasteiger charge is 2.18. The van der Waals surface area contributed by atoms with Crippen LogP contribution in [0.2, 0.25) is 0 Å². The van der Waals surface area contributed by atoms with Crippen LogP contribution >= 0.6 is 11.8 Å². The summed E-state index contributed by atoms with van der Waals surface area (Å²) in [6, 6.07) is 0.460. The summed E-state index contributed by atoms with van der Waals surface area (Å²) in [6.45, 7) is 6.42. The van der Waals surface area contributed by atoms with Crippen molar-refractivity contribution in [3.05, 3.63) is 18.0 Å². The van der Waals surface area contributed by atoms with Crippen LogP contribution in [0, 0.1) is 0 Å². The average Bonchev–Trinajstić information content (AvgIpc) is 2.97. The number of nitrogens with one attached hydrogen (secondary N) is 1. The molecule has 1 fully saturated rings. The SMILES string of the molecule is CCCNC(CSC1CCCCC1)c1cnn(CC)c1. The molecule has 0 bridgehead atoms. The van der Waals surface area contributed by atoms with E-state index >= 15 is 0 Å². The van der Waals surface area contributed by atoms with Crippen molar-refractivity contribution in [1.29, 1.82) is 0 Å². The number of hydrogen-bond acceptors (Lipinski definition) is 3. The zero-order chi connectivity index (χ0) is 14.2. The molecule has 1 saturated carbocycles. The Bertz CT molecular complexity index is 372. The van der Waals surface area contributed by atoms with E-state index in [-0.39, 0.29) is 0 Å². The highest BCUT2D eigenvalue weighted by molar-refractivity contribution is 7.99. The molecule has 1 unspecified atom stereocenters. The summed E-state index contributed by atoms with van der Waals surface area (Å²) >= 11 is 2.17. The normalized spacial score (nSPS) is 18.3. The first kappa shape index (κ1) is 15.9. The van der Waals surface area contributed by atoms with Gasteiger partial charge < -0.3 is 5.32 Å². The third-order valence-corrected chi connectivity index (χ3v) is 5.54. The smallest absolute Gasteiger partial charge is 0.0537 e. The number of hydrogen-bond donors (Lipinski definition) is 1. The van der Waals surface area contributed by atoms with Gasteiger partial charge in [0.2, 0.25) is 0 Å². The van der Waals surface area contributed by atoms with Gasteiger partial charge in [-0.25, -0.2) is 0 Å². The lowest BCUT2D eigenvalue weighted by atomic mass is 10.0. The molecular formula is C16H29N3S. The molecule has 114 valence electrons. The number of rotatable bonds is 8. The lowest BCUT2D eigenvalue weighted by molar-refractivity contribution is 0.513. The number of nitrogens with zero attached hydrogens (tertiary/aromatic N) is 2. The Morgan fingerprint density at radius 3 is 2.80 bits per heavy atom. The average molecular weight is 295 g/mol. The van der Waals surface area contributed by atoms with E-state index in [9.17, 15) is 0 Å². The summed E-state index contributed by atoms with van der Waals surface area (Å²) in [5.74, 6) is 1.18. The zero-order valence-electron chi connectivity index (χ0n) is 13.0. The van der Waals surface area contributed by atoms with Gasteiger partial charge in [0.15, 0.2) is 0 Å². The van der Waals surface area contributed by atoms with Crippen molar-refractivity contribution in [2.24, 2.45) is 0 Å². The van der Waals surface area contributed by atoms with Gasteiger partial charge in [-0.15, -0.1) is 0 Å². The summed E-state index contributed by atoms with van der Waals surface area (Å²) in [7, 11) is 0. The summed E-state index contributed by atoms with van der Waals surface area (Å²) in [5, 5.41) is 9.00. The Kier molecular flexibility index (Phi) is 6.94. The molecule has 0 aromatic carbocycles. The highest BCUT2D eigenvalue weighted by Crippen LogP contribution is 2.31.